The van der Waals surface area contributed by atoms with E-state index in [1.54, 1.807) is 13.0 Å². The molecule has 0 saturated carbocycles. The summed E-state index contributed by atoms with van der Waals surface area (Å²) in [6.07, 6.45) is 1.52. The van der Waals surface area contributed by atoms with Crippen LogP contribution in [0.15, 0.2) is 52.0 Å². The standard InChI is InChI=1S/C27H19ClFN7OS/c1-14-22(11-10-20-9-8-19(29)13-30-20)38-27-24(14)25(17-4-6-18(28)7-5-17)31-21(12-23-34-33-16(3)37-23)26-35-32-15(2)36(26)27/h4-9,13,21H,12H2,1-3H3/t21-/m0/s1. The highest BCUT2D eigenvalue weighted by Gasteiger charge is 2.32. The first-order chi connectivity index (χ1) is 18.4. The third-order valence-corrected chi connectivity index (χ3v) is 7.53. The van der Waals surface area contributed by atoms with Crippen LogP contribution >= 0.6 is 22.9 Å². The highest BCUT2D eigenvalue weighted by atomic mass is 35.5. The lowest BCUT2D eigenvalue weighted by atomic mass is 9.99. The second-order valence-electron chi connectivity index (χ2n) is 8.71. The average Bonchev–Trinajstić information content (AvgIpc) is 3.56. The van der Waals surface area contributed by atoms with E-state index in [9.17, 15) is 4.39 Å². The lowest BCUT2D eigenvalue weighted by Gasteiger charge is -2.11. The van der Waals surface area contributed by atoms with Gasteiger partial charge in [0, 0.05) is 23.1 Å². The smallest absolute Gasteiger partial charge is 0.219 e. The van der Waals surface area contributed by atoms with Crippen LogP contribution < -0.4 is 0 Å². The van der Waals surface area contributed by atoms with Crippen molar-refractivity contribution < 1.29 is 8.81 Å². The predicted molar refractivity (Wildman–Crippen MR) is 141 cm³/mol. The van der Waals surface area contributed by atoms with Gasteiger partial charge in [0.1, 0.15) is 28.4 Å². The van der Waals surface area contributed by atoms with Crippen LogP contribution in [-0.2, 0) is 6.42 Å². The number of fused-ring (bicyclic) bond motifs is 3. The van der Waals surface area contributed by atoms with Gasteiger partial charge in [0.15, 0.2) is 5.82 Å². The quantitative estimate of drug-likeness (QED) is 0.284. The Morgan fingerprint density at radius 1 is 1.03 bits per heavy atom. The normalized spacial score (nSPS) is 14.2. The van der Waals surface area contributed by atoms with Crippen LogP contribution in [0.1, 0.15) is 56.7 Å². The van der Waals surface area contributed by atoms with Gasteiger partial charge >= 0.3 is 0 Å². The van der Waals surface area contributed by atoms with E-state index < -0.39 is 11.9 Å². The molecule has 1 aromatic carbocycles. The van der Waals surface area contributed by atoms with Gasteiger partial charge in [0.05, 0.1) is 23.2 Å². The lowest BCUT2D eigenvalue weighted by Crippen LogP contribution is -2.09. The number of hydrogen-bond donors (Lipinski definition) is 0. The average molecular weight is 544 g/mol. The van der Waals surface area contributed by atoms with Crippen molar-refractivity contribution in [2.45, 2.75) is 33.2 Å². The molecule has 5 aromatic rings. The molecule has 8 nitrogen and oxygen atoms in total. The molecule has 0 N–H and O–H groups in total. The van der Waals surface area contributed by atoms with Gasteiger partial charge in [-0.15, -0.1) is 31.7 Å². The number of rotatable bonds is 3. The molecule has 0 radical (unpaired) electrons. The van der Waals surface area contributed by atoms with Crippen molar-refractivity contribution in [3.8, 4) is 16.8 Å². The number of nitrogens with zero attached hydrogens (tertiary/aromatic N) is 7. The molecular weight excluding hydrogens is 525 g/mol. The highest BCUT2D eigenvalue weighted by Crippen LogP contribution is 2.39. The number of halogens is 2. The van der Waals surface area contributed by atoms with Crippen molar-refractivity contribution in [2.24, 2.45) is 4.99 Å². The van der Waals surface area contributed by atoms with Crippen molar-refractivity contribution >= 4 is 28.6 Å². The third-order valence-electron chi connectivity index (χ3n) is 6.09. The van der Waals surface area contributed by atoms with Crippen LogP contribution in [0, 0.1) is 38.4 Å². The molecule has 6 rings (SSSR count). The molecule has 11 heteroatoms. The number of aliphatic imine (C=N–C) groups is 1. The van der Waals surface area contributed by atoms with E-state index >= 15 is 0 Å². The van der Waals surface area contributed by atoms with E-state index in [2.05, 4.69) is 37.2 Å². The molecule has 0 bridgehead atoms. The summed E-state index contributed by atoms with van der Waals surface area (Å²) in [6, 6.07) is 10.1. The van der Waals surface area contributed by atoms with Crippen LogP contribution in [0.2, 0.25) is 5.02 Å². The molecule has 1 atom stereocenters. The molecule has 4 aromatic heterocycles. The molecule has 188 valence electrons. The Morgan fingerprint density at radius 3 is 2.55 bits per heavy atom. The monoisotopic (exact) mass is 543 g/mol. The zero-order chi connectivity index (χ0) is 26.4. The zero-order valence-corrected chi connectivity index (χ0v) is 22.1. The van der Waals surface area contributed by atoms with Crippen molar-refractivity contribution in [2.75, 3.05) is 0 Å². The van der Waals surface area contributed by atoms with E-state index in [4.69, 9.17) is 21.0 Å². The zero-order valence-electron chi connectivity index (χ0n) is 20.5. The summed E-state index contributed by atoms with van der Waals surface area (Å²) in [7, 11) is 0. The molecular formula is C27H19ClFN7OS. The van der Waals surface area contributed by atoms with E-state index in [0.29, 0.717) is 34.7 Å². The van der Waals surface area contributed by atoms with Crippen molar-refractivity contribution in [3.63, 3.8) is 0 Å². The van der Waals surface area contributed by atoms with Crippen molar-refractivity contribution in [1.29, 1.82) is 0 Å². The second-order valence-corrected chi connectivity index (χ2v) is 10.1. The Hall–Kier alpha value is -4.20. The lowest BCUT2D eigenvalue weighted by molar-refractivity contribution is 0.447. The predicted octanol–water partition coefficient (Wildman–Crippen LogP) is 5.36. The Bertz CT molecular complexity index is 1760. The van der Waals surface area contributed by atoms with Crippen molar-refractivity contribution in [1.82, 2.24) is 29.9 Å². The maximum atomic E-state index is 13.3. The molecule has 0 amide bonds. The number of pyridine rings is 1. The van der Waals surface area contributed by atoms with Gasteiger partial charge in [0.25, 0.3) is 0 Å². The summed E-state index contributed by atoms with van der Waals surface area (Å²) < 4.78 is 21.0. The molecule has 38 heavy (non-hydrogen) atoms. The number of hydrogen-bond acceptors (Lipinski definition) is 8. The molecule has 1 aliphatic rings. The fraction of sp³-hybridized carbons (Fsp3) is 0.185. The largest absolute Gasteiger partial charge is 0.426 e. The molecule has 0 fully saturated rings. The highest BCUT2D eigenvalue weighted by molar-refractivity contribution is 7.15. The van der Waals surface area contributed by atoms with Gasteiger partial charge in [-0.05, 0) is 55.5 Å². The Balaban J connectivity index is 1.55. The van der Waals surface area contributed by atoms with Crippen LogP contribution in [0.4, 0.5) is 4.39 Å². The molecule has 1 aliphatic heterocycles. The SMILES string of the molecule is Cc1nnc(C[C@@H]2N=C(c3ccc(Cl)cc3)c3c(sc(C#Cc4ccc(F)cn4)c3C)-n3c(C)nnc32)o1. The summed E-state index contributed by atoms with van der Waals surface area (Å²) in [5.74, 6) is 8.22. The first-order valence-electron chi connectivity index (χ1n) is 11.7. The van der Waals surface area contributed by atoms with Crippen LogP contribution in [0.25, 0.3) is 5.00 Å². The number of aryl methyl sites for hydroxylation is 2. The topological polar surface area (TPSA) is 94.9 Å². The number of aromatic nitrogens is 6. The van der Waals surface area contributed by atoms with Gasteiger partial charge in [0.2, 0.25) is 11.8 Å². The van der Waals surface area contributed by atoms with Gasteiger partial charge in [-0.25, -0.2) is 9.37 Å². The van der Waals surface area contributed by atoms with Crippen LogP contribution in [0.5, 0.6) is 0 Å². The fourth-order valence-corrected chi connectivity index (χ4v) is 5.64. The Kier molecular flexibility index (Phi) is 6.10. The van der Waals surface area contributed by atoms with E-state index in [1.807, 2.05) is 42.7 Å². The summed E-state index contributed by atoms with van der Waals surface area (Å²) in [5, 5.41) is 18.6. The molecule has 0 aliphatic carbocycles. The maximum absolute atomic E-state index is 13.3. The molecule has 0 spiro atoms. The van der Waals surface area contributed by atoms with Gasteiger partial charge in [-0.1, -0.05) is 23.7 Å². The number of thiophene rings is 1. The third kappa shape index (κ3) is 4.40. The van der Waals surface area contributed by atoms with Gasteiger partial charge in [-0.2, -0.15) is 0 Å². The van der Waals surface area contributed by atoms with Gasteiger partial charge < -0.3 is 4.42 Å². The summed E-state index contributed by atoms with van der Waals surface area (Å²) >= 11 is 7.73. The molecule has 0 saturated heterocycles. The minimum atomic E-state index is -0.418. The minimum Gasteiger partial charge on any atom is -0.426 e. The van der Waals surface area contributed by atoms with Crippen LogP contribution in [-0.4, -0.2) is 35.7 Å². The summed E-state index contributed by atoms with van der Waals surface area (Å²) in [4.78, 5) is 10.1. The summed E-state index contributed by atoms with van der Waals surface area (Å²) in [5.41, 5.74) is 4.06. The Morgan fingerprint density at radius 2 is 1.84 bits per heavy atom. The maximum Gasteiger partial charge on any atom is 0.219 e. The fourth-order valence-electron chi connectivity index (χ4n) is 4.30. The summed E-state index contributed by atoms with van der Waals surface area (Å²) in [6.45, 7) is 5.68. The number of benzene rings is 1. The molecule has 0 unspecified atom stereocenters. The van der Waals surface area contributed by atoms with E-state index in [0.717, 1.165) is 44.3 Å². The minimum absolute atomic E-state index is 0.368. The van der Waals surface area contributed by atoms with Crippen LogP contribution in [0.3, 0.4) is 0 Å². The molecule has 5 heterocycles. The van der Waals surface area contributed by atoms with E-state index in [1.165, 1.54) is 17.4 Å². The van der Waals surface area contributed by atoms with Gasteiger partial charge in [-0.3, -0.25) is 9.56 Å². The van der Waals surface area contributed by atoms with Crippen molar-refractivity contribution in [3.05, 3.63) is 104 Å². The second kappa shape index (κ2) is 9.59. The van der Waals surface area contributed by atoms with E-state index in [-0.39, 0.29) is 0 Å². The first-order valence-corrected chi connectivity index (χ1v) is 12.9. The first kappa shape index (κ1) is 24.2. The Labute approximate surface area is 226 Å².